The molecule has 0 aliphatic rings. The van der Waals surface area contributed by atoms with Crippen LogP contribution in [0.4, 0.5) is 0 Å². The number of carbonyl (C=O) groups is 1. The minimum absolute atomic E-state index is 0.270. The predicted molar refractivity (Wildman–Crippen MR) is 64.2 cm³/mol. The molecule has 4 nitrogen and oxygen atoms in total. The van der Waals surface area contributed by atoms with Gasteiger partial charge >= 0.3 is 0 Å². The van der Waals surface area contributed by atoms with E-state index in [1.54, 1.807) is 17.4 Å². The van der Waals surface area contributed by atoms with Crippen LogP contribution in [0.25, 0.3) is 6.08 Å². The molecular formula is C11H15NO3S. The number of hydrogen-bond donors (Lipinski definition) is 3. The van der Waals surface area contributed by atoms with E-state index in [1.165, 1.54) is 6.08 Å². The molecule has 0 aliphatic carbocycles. The maximum absolute atomic E-state index is 11.4. The van der Waals surface area contributed by atoms with E-state index in [2.05, 4.69) is 5.32 Å². The number of thiophene rings is 1. The van der Waals surface area contributed by atoms with Gasteiger partial charge in [-0.2, -0.15) is 0 Å². The van der Waals surface area contributed by atoms with Gasteiger partial charge in [0.15, 0.2) is 0 Å². The normalized spacial score (nSPS) is 11.2. The summed E-state index contributed by atoms with van der Waals surface area (Å²) in [5.41, 5.74) is 1.12. The molecule has 0 aliphatic heterocycles. The van der Waals surface area contributed by atoms with Crippen molar-refractivity contribution in [1.82, 2.24) is 5.32 Å². The molecule has 0 unspecified atom stereocenters. The summed E-state index contributed by atoms with van der Waals surface area (Å²) in [5, 5.41) is 22.0. The first-order valence-electron chi connectivity index (χ1n) is 4.91. The lowest BCUT2D eigenvalue weighted by molar-refractivity contribution is -0.117. The summed E-state index contributed by atoms with van der Waals surface area (Å²) in [5.74, 6) is -0.319. The van der Waals surface area contributed by atoms with Gasteiger partial charge in [0.2, 0.25) is 5.91 Å². The molecule has 0 spiro atoms. The molecule has 0 saturated carbocycles. The molecule has 1 amide bonds. The second kappa shape index (κ2) is 6.42. The Morgan fingerprint density at radius 3 is 2.75 bits per heavy atom. The van der Waals surface area contributed by atoms with E-state index in [1.807, 2.05) is 18.4 Å². The molecule has 1 aromatic rings. The molecule has 5 heteroatoms. The van der Waals surface area contributed by atoms with Crippen LogP contribution in [0.5, 0.6) is 0 Å². The van der Waals surface area contributed by atoms with Crippen molar-refractivity contribution in [1.29, 1.82) is 0 Å². The first-order valence-corrected chi connectivity index (χ1v) is 5.79. The highest BCUT2D eigenvalue weighted by atomic mass is 32.1. The number of aryl methyl sites for hydroxylation is 1. The summed E-state index contributed by atoms with van der Waals surface area (Å²) >= 11 is 1.56. The Morgan fingerprint density at radius 1 is 1.56 bits per heavy atom. The van der Waals surface area contributed by atoms with Crippen LogP contribution in [0.3, 0.4) is 0 Å². The minimum atomic E-state index is -0.596. The Balaban J connectivity index is 2.51. The SMILES string of the molecule is Cc1ccsc1C=CC(=O)NC(CO)CO. The van der Waals surface area contributed by atoms with Gasteiger partial charge in [-0.25, -0.2) is 0 Å². The van der Waals surface area contributed by atoms with E-state index in [0.29, 0.717) is 0 Å². The number of hydrogen-bond acceptors (Lipinski definition) is 4. The maximum Gasteiger partial charge on any atom is 0.244 e. The molecule has 16 heavy (non-hydrogen) atoms. The molecule has 0 bridgehead atoms. The van der Waals surface area contributed by atoms with Crippen LogP contribution in [0.15, 0.2) is 17.5 Å². The molecule has 1 aromatic heterocycles. The third kappa shape index (κ3) is 3.77. The van der Waals surface area contributed by atoms with Crippen LogP contribution >= 0.6 is 11.3 Å². The van der Waals surface area contributed by atoms with Crippen molar-refractivity contribution in [2.75, 3.05) is 13.2 Å². The van der Waals surface area contributed by atoms with Gasteiger partial charge in [0.1, 0.15) is 0 Å². The van der Waals surface area contributed by atoms with Crippen LogP contribution in [-0.2, 0) is 4.79 Å². The van der Waals surface area contributed by atoms with Crippen LogP contribution < -0.4 is 5.32 Å². The van der Waals surface area contributed by atoms with Gasteiger partial charge in [-0.05, 0) is 30.0 Å². The minimum Gasteiger partial charge on any atom is -0.394 e. The van der Waals surface area contributed by atoms with Crippen molar-refractivity contribution >= 4 is 23.3 Å². The zero-order chi connectivity index (χ0) is 12.0. The zero-order valence-corrected chi connectivity index (χ0v) is 9.83. The number of aliphatic hydroxyl groups is 2. The Hall–Kier alpha value is -1.17. The fraction of sp³-hybridized carbons (Fsp3) is 0.364. The lowest BCUT2D eigenvalue weighted by atomic mass is 10.2. The van der Waals surface area contributed by atoms with E-state index in [9.17, 15) is 4.79 Å². The third-order valence-electron chi connectivity index (χ3n) is 2.07. The second-order valence-corrected chi connectivity index (χ2v) is 4.32. The largest absolute Gasteiger partial charge is 0.394 e. The summed E-state index contributed by atoms with van der Waals surface area (Å²) in [6, 6.07) is 1.38. The summed E-state index contributed by atoms with van der Waals surface area (Å²) in [6.45, 7) is 1.43. The van der Waals surface area contributed by atoms with Crippen molar-refractivity contribution in [3.63, 3.8) is 0 Å². The Morgan fingerprint density at radius 2 is 2.25 bits per heavy atom. The number of rotatable bonds is 5. The zero-order valence-electron chi connectivity index (χ0n) is 9.01. The number of aliphatic hydroxyl groups excluding tert-OH is 2. The number of nitrogens with one attached hydrogen (secondary N) is 1. The van der Waals surface area contributed by atoms with Crippen molar-refractivity contribution in [2.45, 2.75) is 13.0 Å². The van der Waals surface area contributed by atoms with E-state index in [4.69, 9.17) is 10.2 Å². The van der Waals surface area contributed by atoms with Gasteiger partial charge in [-0.1, -0.05) is 0 Å². The Bertz CT molecular complexity index is 369. The van der Waals surface area contributed by atoms with Crippen LogP contribution in [0.2, 0.25) is 0 Å². The highest BCUT2D eigenvalue weighted by Crippen LogP contribution is 2.16. The molecule has 0 aromatic carbocycles. The quantitative estimate of drug-likeness (QED) is 0.659. The summed E-state index contributed by atoms with van der Waals surface area (Å²) in [4.78, 5) is 12.4. The molecule has 1 rings (SSSR count). The van der Waals surface area contributed by atoms with E-state index >= 15 is 0 Å². The van der Waals surface area contributed by atoms with Crippen molar-refractivity contribution < 1.29 is 15.0 Å². The fourth-order valence-electron chi connectivity index (χ4n) is 1.10. The third-order valence-corrected chi connectivity index (χ3v) is 3.06. The van der Waals surface area contributed by atoms with Crippen LogP contribution in [-0.4, -0.2) is 35.4 Å². The van der Waals surface area contributed by atoms with Gasteiger partial charge in [0, 0.05) is 11.0 Å². The van der Waals surface area contributed by atoms with Crippen LogP contribution in [0.1, 0.15) is 10.4 Å². The molecule has 88 valence electrons. The smallest absolute Gasteiger partial charge is 0.244 e. The first kappa shape index (κ1) is 12.9. The lowest BCUT2D eigenvalue weighted by Crippen LogP contribution is -2.39. The van der Waals surface area contributed by atoms with E-state index < -0.39 is 6.04 Å². The maximum atomic E-state index is 11.4. The molecule has 0 atom stereocenters. The summed E-state index contributed by atoms with van der Waals surface area (Å²) in [7, 11) is 0. The fourth-order valence-corrected chi connectivity index (χ4v) is 1.92. The average molecular weight is 241 g/mol. The second-order valence-electron chi connectivity index (χ2n) is 3.37. The van der Waals surface area contributed by atoms with Gasteiger partial charge in [-0.15, -0.1) is 11.3 Å². The van der Waals surface area contributed by atoms with E-state index in [-0.39, 0.29) is 19.1 Å². The van der Waals surface area contributed by atoms with E-state index in [0.717, 1.165) is 10.4 Å². The Kier molecular flexibility index (Phi) is 5.18. The molecule has 1 heterocycles. The van der Waals surface area contributed by atoms with Gasteiger partial charge in [0.05, 0.1) is 19.3 Å². The molecule has 3 N–H and O–H groups in total. The van der Waals surface area contributed by atoms with Gasteiger partial charge in [-0.3, -0.25) is 4.79 Å². The van der Waals surface area contributed by atoms with Gasteiger partial charge in [0.25, 0.3) is 0 Å². The highest BCUT2D eigenvalue weighted by Gasteiger charge is 2.07. The first-order chi connectivity index (χ1) is 7.67. The Labute approximate surface area is 98.2 Å². The monoisotopic (exact) mass is 241 g/mol. The lowest BCUT2D eigenvalue weighted by Gasteiger charge is -2.10. The predicted octanol–water partition coefficient (Wildman–Crippen LogP) is 0.539. The number of carbonyl (C=O) groups excluding carboxylic acids is 1. The number of amides is 1. The molecule has 0 radical (unpaired) electrons. The topological polar surface area (TPSA) is 69.6 Å². The van der Waals surface area contributed by atoms with Crippen molar-refractivity contribution in [2.24, 2.45) is 0 Å². The van der Waals surface area contributed by atoms with Crippen molar-refractivity contribution in [3.05, 3.63) is 28.0 Å². The van der Waals surface area contributed by atoms with Gasteiger partial charge < -0.3 is 15.5 Å². The average Bonchev–Trinajstić information content (AvgIpc) is 2.69. The molecule has 0 saturated heterocycles. The summed E-state index contributed by atoms with van der Waals surface area (Å²) < 4.78 is 0. The highest BCUT2D eigenvalue weighted by molar-refractivity contribution is 7.11. The molecule has 0 fully saturated rings. The summed E-state index contributed by atoms with van der Waals surface area (Å²) in [6.07, 6.45) is 3.12. The van der Waals surface area contributed by atoms with Crippen LogP contribution in [0, 0.1) is 6.92 Å². The van der Waals surface area contributed by atoms with Crippen molar-refractivity contribution in [3.8, 4) is 0 Å². The standard InChI is InChI=1S/C11H15NO3S/c1-8-4-5-16-10(8)2-3-11(15)12-9(6-13)7-14/h2-5,9,13-14H,6-7H2,1H3,(H,12,15). The molecular weight excluding hydrogens is 226 g/mol.